The van der Waals surface area contributed by atoms with Crippen molar-refractivity contribution < 1.29 is 0 Å². The minimum Gasteiger partial charge on any atom is -0.310 e. The molecule has 0 bridgehead atoms. The van der Waals surface area contributed by atoms with Gasteiger partial charge >= 0.3 is 0 Å². The number of rotatable bonds is 4. The minimum atomic E-state index is 0.617. The summed E-state index contributed by atoms with van der Waals surface area (Å²) in [7, 11) is 0. The summed E-state index contributed by atoms with van der Waals surface area (Å²) < 4.78 is 0. The number of hydrogen-bond acceptors (Lipinski definition) is 2. The Hall–Kier alpha value is -0.860. The van der Waals surface area contributed by atoms with Crippen molar-refractivity contribution in [2.45, 2.75) is 44.2 Å². The molecule has 19 heavy (non-hydrogen) atoms. The first-order chi connectivity index (χ1) is 9.40. The maximum Gasteiger partial charge on any atom is 0.0326 e. The van der Waals surface area contributed by atoms with Gasteiger partial charge in [-0.2, -0.15) is 0 Å². The number of benzene rings is 1. The monoisotopic (exact) mass is 256 g/mol. The summed E-state index contributed by atoms with van der Waals surface area (Å²) in [5, 5.41) is 3.83. The highest BCUT2D eigenvalue weighted by Crippen LogP contribution is 2.33. The van der Waals surface area contributed by atoms with Crippen LogP contribution in [0, 0.1) is 5.92 Å². The molecule has 1 heterocycles. The van der Waals surface area contributed by atoms with Crippen molar-refractivity contribution in [2.75, 3.05) is 19.6 Å². The normalized spacial score (nSPS) is 30.7. The Bertz CT molecular complexity index is 452. The predicted molar refractivity (Wildman–Crippen MR) is 78.2 cm³/mol. The van der Waals surface area contributed by atoms with E-state index in [2.05, 4.69) is 34.5 Å². The van der Waals surface area contributed by atoms with Crippen LogP contribution in [-0.2, 0) is 6.42 Å². The standard InChI is InChI=1S/C17H24N2/c1-2-4-16-14(3-1)5-8-17(16)18-11-13-9-10-19(12-13)15-6-7-15/h1-4,13,15,17-18H,5-12H2. The topological polar surface area (TPSA) is 15.3 Å². The van der Waals surface area contributed by atoms with Crippen LogP contribution in [0.2, 0.25) is 0 Å². The number of fused-ring (bicyclic) bond motifs is 1. The number of hydrogen-bond donors (Lipinski definition) is 1. The van der Waals surface area contributed by atoms with E-state index >= 15 is 0 Å². The second kappa shape index (κ2) is 4.92. The lowest BCUT2D eigenvalue weighted by Gasteiger charge is -2.18. The molecule has 2 aliphatic carbocycles. The molecule has 2 atom stereocenters. The van der Waals surface area contributed by atoms with E-state index in [4.69, 9.17) is 0 Å². The summed E-state index contributed by atoms with van der Waals surface area (Å²) >= 11 is 0. The minimum absolute atomic E-state index is 0.617. The first-order valence-corrected chi connectivity index (χ1v) is 7.95. The summed E-state index contributed by atoms with van der Waals surface area (Å²) in [5.74, 6) is 0.883. The van der Waals surface area contributed by atoms with Gasteiger partial charge in [-0.3, -0.25) is 0 Å². The van der Waals surface area contributed by atoms with Crippen molar-refractivity contribution in [3.05, 3.63) is 35.4 Å². The Kier molecular flexibility index (Phi) is 3.08. The molecule has 3 aliphatic rings. The third-order valence-corrected chi connectivity index (χ3v) is 5.17. The first-order valence-electron chi connectivity index (χ1n) is 7.95. The van der Waals surface area contributed by atoms with Gasteiger partial charge in [0.15, 0.2) is 0 Å². The van der Waals surface area contributed by atoms with Gasteiger partial charge in [0.05, 0.1) is 0 Å². The van der Waals surface area contributed by atoms with E-state index in [0.717, 1.165) is 12.0 Å². The van der Waals surface area contributed by atoms with Gasteiger partial charge in [0.25, 0.3) is 0 Å². The van der Waals surface area contributed by atoms with Crippen molar-refractivity contribution in [1.82, 2.24) is 10.2 Å². The van der Waals surface area contributed by atoms with E-state index in [1.165, 1.54) is 51.7 Å². The van der Waals surface area contributed by atoms with Crippen LogP contribution < -0.4 is 5.32 Å². The molecule has 2 unspecified atom stereocenters. The quantitative estimate of drug-likeness (QED) is 0.891. The van der Waals surface area contributed by atoms with E-state index in [0.29, 0.717) is 6.04 Å². The summed E-state index contributed by atoms with van der Waals surface area (Å²) in [6, 6.07) is 10.5. The SMILES string of the molecule is c1ccc2c(c1)CCC2NCC1CCN(C2CC2)C1. The Morgan fingerprint density at radius 3 is 2.89 bits per heavy atom. The highest BCUT2D eigenvalue weighted by molar-refractivity contribution is 5.34. The van der Waals surface area contributed by atoms with E-state index < -0.39 is 0 Å². The number of likely N-dealkylation sites (tertiary alicyclic amines) is 1. The number of nitrogens with zero attached hydrogens (tertiary/aromatic N) is 1. The molecule has 102 valence electrons. The van der Waals surface area contributed by atoms with Gasteiger partial charge in [-0.15, -0.1) is 0 Å². The zero-order valence-corrected chi connectivity index (χ0v) is 11.6. The van der Waals surface area contributed by atoms with E-state index in [9.17, 15) is 0 Å². The zero-order chi connectivity index (χ0) is 12.7. The molecule has 0 spiro atoms. The van der Waals surface area contributed by atoms with Gasteiger partial charge in [-0.05, 0) is 62.2 Å². The van der Waals surface area contributed by atoms with Gasteiger partial charge in [0, 0.05) is 18.6 Å². The van der Waals surface area contributed by atoms with E-state index in [1.807, 2.05) is 0 Å². The lowest BCUT2D eigenvalue weighted by molar-refractivity contribution is 0.309. The van der Waals surface area contributed by atoms with Crippen molar-refractivity contribution in [1.29, 1.82) is 0 Å². The second-order valence-corrected chi connectivity index (χ2v) is 6.58. The molecule has 1 saturated heterocycles. The molecule has 1 N–H and O–H groups in total. The molecule has 1 aromatic rings. The molecule has 0 aromatic heterocycles. The van der Waals surface area contributed by atoms with Crippen molar-refractivity contribution in [3.63, 3.8) is 0 Å². The highest BCUT2D eigenvalue weighted by Gasteiger charge is 2.34. The van der Waals surface area contributed by atoms with Crippen LogP contribution in [0.1, 0.15) is 42.9 Å². The van der Waals surface area contributed by atoms with Crippen molar-refractivity contribution in [3.8, 4) is 0 Å². The summed E-state index contributed by atoms with van der Waals surface area (Å²) in [6.07, 6.45) is 6.86. The molecule has 1 aromatic carbocycles. The van der Waals surface area contributed by atoms with Gasteiger partial charge in [-0.1, -0.05) is 24.3 Å². The Balaban J connectivity index is 1.31. The Labute approximate surface area is 116 Å². The van der Waals surface area contributed by atoms with Gasteiger partial charge in [0.1, 0.15) is 0 Å². The van der Waals surface area contributed by atoms with Crippen LogP contribution >= 0.6 is 0 Å². The van der Waals surface area contributed by atoms with Gasteiger partial charge in [0.2, 0.25) is 0 Å². The van der Waals surface area contributed by atoms with Gasteiger partial charge < -0.3 is 10.2 Å². The fourth-order valence-corrected chi connectivity index (χ4v) is 3.88. The molecule has 0 radical (unpaired) electrons. The van der Waals surface area contributed by atoms with Crippen LogP contribution in [0.3, 0.4) is 0 Å². The third-order valence-electron chi connectivity index (χ3n) is 5.17. The van der Waals surface area contributed by atoms with Crippen LogP contribution in [0.15, 0.2) is 24.3 Å². The average molecular weight is 256 g/mol. The first kappa shape index (κ1) is 11.9. The molecule has 2 nitrogen and oxygen atoms in total. The molecule has 0 amide bonds. The van der Waals surface area contributed by atoms with E-state index in [1.54, 1.807) is 11.1 Å². The molecule has 1 saturated carbocycles. The van der Waals surface area contributed by atoms with Crippen LogP contribution in [0.4, 0.5) is 0 Å². The summed E-state index contributed by atoms with van der Waals surface area (Å²) in [5.41, 5.74) is 3.12. The van der Waals surface area contributed by atoms with Crippen molar-refractivity contribution in [2.24, 2.45) is 5.92 Å². The molecular formula is C17H24N2. The molecule has 2 fully saturated rings. The Morgan fingerprint density at radius 1 is 1.11 bits per heavy atom. The second-order valence-electron chi connectivity index (χ2n) is 6.58. The maximum atomic E-state index is 3.83. The molecular weight excluding hydrogens is 232 g/mol. The van der Waals surface area contributed by atoms with E-state index in [-0.39, 0.29) is 0 Å². The number of aryl methyl sites for hydroxylation is 1. The predicted octanol–water partition coefficient (Wildman–Crippen LogP) is 2.75. The Morgan fingerprint density at radius 2 is 2.00 bits per heavy atom. The van der Waals surface area contributed by atoms with Crippen LogP contribution in [0.5, 0.6) is 0 Å². The smallest absolute Gasteiger partial charge is 0.0326 e. The summed E-state index contributed by atoms with van der Waals surface area (Å²) in [6.45, 7) is 3.90. The zero-order valence-electron chi connectivity index (χ0n) is 11.6. The molecule has 4 rings (SSSR count). The molecule has 1 aliphatic heterocycles. The van der Waals surface area contributed by atoms with Crippen molar-refractivity contribution >= 4 is 0 Å². The largest absolute Gasteiger partial charge is 0.310 e. The molecule has 2 heteroatoms. The van der Waals surface area contributed by atoms with Crippen LogP contribution in [0.25, 0.3) is 0 Å². The van der Waals surface area contributed by atoms with Gasteiger partial charge in [-0.25, -0.2) is 0 Å². The average Bonchev–Trinajstić information content (AvgIpc) is 3.05. The lowest BCUT2D eigenvalue weighted by atomic mass is 10.1. The lowest BCUT2D eigenvalue weighted by Crippen LogP contribution is -2.29. The fraction of sp³-hybridized carbons (Fsp3) is 0.647. The summed E-state index contributed by atoms with van der Waals surface area (Å²) in [4.78, 5) is 2.72. The fourth-order valence-electron chi connectivity index (χ4n) is 3.88. The van der Waals surface area contributed by atoms with Crippen LogP contribution in [-0.4, -0.2) is 30.6 Å². The maximum absolute atomic E-state index is 3.83. The number of nitrogens with one attached hydrogen (secondary N) is 1. The third kappa shape index (κ3) is 2.44. The highest BCUT2D eigenvalue weighted by atomic mass is 15.2.